The number of halogens is 1. The highest BCUT2D eigenvalue weighted by molar-refractivity contribution is 14.1. The molecule has 2 N–H and O–H groups in total. The second-order valence-electron chi connectivity index (χ2n) is 4.51. The average molecular weight is 441 g/mol. The average Bonchev–Trinajstić information content (AvgIpc) is 2.56. The van der Waals surface area contributed by atoms with Crippen molar-refractivity contribution >= 4 is 40.4 Å². The number of para-hydroxylation sites is 2. The Labute approximate surface area is 150 Å². The Morgan fingerprint density at radius 3 is 2.88 bits per heavy atom. The van der Waals surface area contributed by atoms with Crippen LogP contribution in [0.2, 0.25) is 0 Å². The monoisotopic (exact) mass is 441 g/mol. The van der Waals surface area contributed by atoms with Gasteiger partial charge in [-0.05, 0) is 46.9 Å². The lowest BCUT2D eigenvalue weighted by atomic mass is 10.2. The van der Waals surface area contributed by atoms with Gasteiger partial charge < -0.3 is 9.84 Å². The smallest absolute Gasteiger partial charge is 0.310 e. The van der Waals surface area contributed by atoms with Gasteiger partial charge in [-0.15, -0.1) is 0 Å². The molecule has 0 unspecified atom stereocenters. The van der Waals surface area contributed by atoms with Crippen molar-refractivity contribution in [3.63, 3.8) is 0 Å². The third-order valence-electron chi connectivity index (χ3n) is 2.80. The Morgan fingerprint density at radius 1 is 1.38 bits per heavy atom. The summed E-state index contributed by atoms with van der Waals surface area (Å²) in [5.41, 5.74) is 2.44. The molecular formula is C15H12IN3O5. The number of benzene rings is 2. The number of hydrogen-bond acceptors (Lipinski definition) is 6. The number of rotatable bonds is 6. The summed E-state index contributed by atoms with van der Waals surface area (Å²) < 4.78 is 6.03. The summed E-state index contributed by atoms with van der Waals surface area (Å²) in [6.07, 6.45) is 1.29. The maximum Gasteiger partial charge on any atom is 0.310 e. The van der Waals surface area contributed by atoms with E-state index in [0.29, 0.717) is 5.56 Å². The Morgan fingerprint density at radius 2 is 2.12 bits per heavy atom. The standard InChI is InChI=1S/C15H12IN3O5/c16-11-5-6-13(20)10(7-11)8-17-18-15(21)9-24-14-4-2-1-3-12(14)19(22)23/h1-8,20H,9H2,(H,18,21)/b17-8-. The molecule has 0 spiro atoms. The molecule has 0 fully saturated rings. The van der Waals surface area contributed by atoms with Gasteiger partial charge in [0.2, 0.25) is 0 Å². The molecular weight excluding hydrogens is 429 g/mol. The minimum absolute atomic E-state index is 0.00288. The molecule has 24 heavy (non-hydrogen) atoms. The van der Waals surface area contributed by atoms with E-state index in [9.17, 15) is 20.0 Å². The molecule has 9 heteroatoms. The van der Waals surface area contributed by atoms with Crippen molar-refractivity contribution < 1.29 is 19.6 Å². The fourth-order valence-electron chi connectivity index (χ4n) is 1.71. The SMILES string of the molecule is O=C(COc1ccccc1[N+](=O)[O-])N/N=C\c1cc(I)ccc1O. The second kappa shape index (κ2) is 8.24. The van der Waals surface area contributed by atoms with Crippen molar-refractivity contribution in [2.75, 3.05) is 6.61 Å². The summed E-state index contributed by atoms with van der Waals surface area (Å²) in [7, 11) is 0. The molecule has 0 aromatic heterocycles. The third-order valence-corrected chi connectivity index (χ3v) is 3.47. The van der Waals surface area contributed by atoms with E-state index in [2.05, 4.69) is 33.1 Å². The lowest BCUT2D eigenvalue weighted by Crippen LogP contribution is -2.24. The number of nitrogens with one attached hydrogen (secondary N) is 1. The zero-order valence-electron chi connectivity index (χ0n) is 12.2. The van der Waals surface area contributed by atoms with Gasteiger partial charge in [-0.2, -0.15) is 5.10 Å². The molecule has 0 aliphatic carbocycles. The van der Waals surface area contributed by atoms with E-state index < -0.39 is 17.4 Å². The molecule has 0 saturated carbocycles. The number of ether oxygens (including phenoxy) is 1. The molecule has 124 valence electrons. The highest BCUT2D eigenvalue weighted by Gasteiger charge is 2.14. The van der Waals surface area contributed by atoms with Gasteiger partial charge in [0.25, 0.3) is 5.91 Å². The Kier molecular flexibility index (Phi) is 6.07. The number of carbonyl (C=O) groups is 1. The van der Waals surface area contributed by atoms with Crippen LogP contribution in [-0.4, -0.2) is 28.8 Å². The fraction of sp³-hybridized carbons (Fsp3) is 0.0667. The quantitative estimate of drug-likeness (QED) is 0.310. The minimum Gasteiger partial charge on any atom is -0.507 e. The second-order valence-corrected chi connectivity index (χ2v) is 5.76. The Balaban J connectivity index is 1.91. The summed E-state index contributed by atoms with van der Waals surface area (Å²) in [5.74, 6) is -0.559. The molecule has 0 aliphatic heterocycles. The number of phenolic OH excluding ortho intramolecular Hbond substituents is 1. The van der Waals surface area contributed by atoms with Crippen LogP contribution < -0.4 is 10.2 Å². The number of nitro groups is 1. The Hall–Kier alpha value is -2.69. The number of nitrogens with zero attached hydrogens (tertiary/aromatic N) is 2. The molecule has 0 aliphatic rings. The van der Waals surface area contributed by atoms with Crippen LogP contribution in [0.25, 0.3) is 0 Å². The van der Waals surface area contributed by atoms with Gasteiger partial charge in [-0.1, -0.05) is 12.1 Å². The highest BCUT2D eigenvalue weighted by atomic mass is 127. The van der Waals surface area contributed by atoms with Crippen molar-refractivity contribution in [2.45, 2.75) is 0 Å². The van der Waals surface area contributed by atoms with Crippen LogP contribution in [0.5, 0.6) is 11.5 Å². The van der Waals surface area contributed by atoms with Crippen molar-refractivity contribution in [2.24, 2.45) is 5.10 Å². The molecule has 0 saturated heterocycles. The summed E-state index contributed by atoms with van der Waals surface area (Å²) in [4.78, 5) is 21.9. The van der Waals surface area contributed by atoms with E-state index in [1.54, 1.807) is 18.2 Å². The molecule has 8 nitrogen and oxygen atoms in total. The van der Waals surface area contributed by atoms with Crippen molar-refractivity contribution in [3.8, 4) is 11.5 Å². The van der Waals surface area contributed by atoms with E-state index >= 15 is 0 Å². The van der Waals surface area contributed by atoms with E-state index in [-0.39, 0.29) is 17.2 Å². The summed E-state index contributed by atoms with van der Waals surface area (Å²) in [6.45, 7) is -0.430. The van der Waals surface area contributed by atoms with E-state index in [0.717, 1.165) is 3.57 Å². The number of amides is 1. The number of aromatic hydroxyl groups is 1. The van der Waals surface area contributed by atoms with Crippen molar-refractivity contribution in [1.82, 2.24) is 5.43 Å². The third kappa shape index (κ3) is 4.91. The Bertz CT molecular complexity index is 794. The zero-order chi connectivity index (χ0) is 17.5. The van der Waals surface area contributed by atoms with Gasteiger partial charge >= 0.3 is 5.69 Å². The van der Waals surface area contributed by atoms with E-state index in [1.165, 1.54) is 30.5 Å². The van der Waals surface area contributed by atoms with Crippen LogP contribution in [-0.2, 0) is 4.79 Å². The maximum absolute atomic E-state index is 11.7. The van der Waals surface area contributed by atoms with Gasteiger partial charge in [0.15, 0.2) is 12.4 Å². The molecule has 2 aromatic carbocycles. The lowest BCUT2D eigenvalue weighted by Gasteiger charge is -2.05. The minimum atomic E-state index is -0.592. The first-order valence-corrected chi connectivity index (χ1v) is 7.72. The molecule has 0 bridgehead atoms. The van der Waals surface area contributed by atoms with E-state index in [1.807, 2.05) is 0 Å². The van der Waals surface area contributed by atoms with Crippen LogP contribution in [0, 0.1) is 13.7 Å². The number of carbonyl (C=O) groups excluding carboxylic acids is 1. The van der Waals surface area contributed by atoms with Gasteiger partial charge in [0.1, 0.15) is 5.75 Å². The molecule has 0 atom stereocenters. The van der Waals surface area contributed by atoms with Gasteiger partial charge in [-0.25, -0.2) is 5.43 Å². The number of phenols is 1. The molecule has 2 rings (SSSR count). The normalized spacial score (nSPS) is 10.5. The summed E-state index contributed by atoms with van der Waals surface area (Å²) >= 11 is 2.08. The van der Waals surface area contributed by atoms with Crippen molar-refractivity contribution in [1.29, 1.82) is 0 Å². The van der Waals surface area contributed by atoms with Crippen LogP contribution >= 0.6 is 22.6 Å². The molecule has 0 radical (unpaired) electrons. The van der Waals surface area contributed by atoms with Gasteiger partial charge in [0, 0.05) is 15.2 Å². The predicted molar refractivity (Wildman–Crippen MR) is 95.2 cm³/mol. The first-order valence-electron chi connectivity index (χ1n) is 6.64. The lowest BCUT2D eigenvalue weighted by molar-refractivity contribution is -0.385. The van der Waals surface area contributed by atoms with Gasteiger partial charge in [-0.3, -0.25) is 14.9 Å². The number of hydrogen-bond donors (Lipinski definition) is 2. The first kappa shape index (κ1) is 17.7. The molecule has 1 amide bonds. The van der Waals surface area contributed by atoms with Gasteiger partial charge in [0.05, 0.1) is 11.1 Å². The maximum atomic E-state index is 11.7. The van der Waals surface area contributed by atoms with Crippen LogP contribution in [0.3, 0.4) is 0 Å². The van der Waals surface area contributed by atoms with Crippen molar-refractivity contribution in [3.05, 3.63) is 61.7 Å². The molecule has 0 heterocycles. The predicted octanol–water partition coefficient (Wildman–Crippen LogP) is 2.43. The first-order chi connectivity index (χ1) is 11.5. The van der Waals surface area contributed by atoms with Crippen LogP contribution in [0.1, 0.15) is 5.56 Å². The van der Waals surface area contributed by atoms with E-state index in [4.69, 9.17) is 4.74 Å². The summed E-state index contributed by atoms with van der Waals surface area (Å²) in [6, 6.07) is 10.7. The highest BCUT2D eigenvalue weighted by Crippen LogP contribution is 2.25. The fourth-order valence-corrected chi connectivity index (χ4v) is 2.22. The molecule has 2 aromatic rings. The number of nitro benzene ring substituents is 1. The number of hydrazone groups is 1. The largest absolute Gasteiger partial charge is 0.507 e. The summed E-state index contributed by atoms with van der Waals surface area (Å²) in [5, 5.41) is 24.2. The topological polar surface area (TPSA) is 114 Å². The zero-order valence-corrected chi connectivity index (χ0v) is 14.3. The van der Waals surface area contributed by atoms with Crippen LogP contribution in [0.15, 0.2) is 47.6 Å². The van der Waals surface area contributed by atoms with Crippen LogP contribution in [0.4, 0.5) is 5.69 Å².